The third kappa shape index (κ3) is 2.58. The van der Waals surface area contributed by atoms with Gasteiger partial charge in [0.25, 0.3) is 5.56 Å². The topological polar surface area (TPSA) is 86.2 Å². The van der Waals surface area contributed by atoms with Gasteiger partial charge in [-0.25, -0.2) is 19.5 Å². The smallest absolute Gasteiger partial charge is 0.282 e. The lowest BCUT2D eigenvalue weighted by Crippen LogP contribution is -2.01. The van der Waals surface area contributed by atoms with Crippen LogP contribution in [0.4, 0.5) is 0 Å². The van der Waals surface area contributed by atoms with Crippen molar-refractivity contribution in [3.63, 3.8) is 0 Å². The Morgan fingerprint density at radius 1 is 1.00 bits per heavy atom. The molecule has 116 valence electrons. The number of rotatable bonds is 0. The van der Waals surface area contributed by atoms with Crippen LogP contribution in [0.1, 0.15) is 0 Å². The Morgan fingerprint density at radius 2 is 1.92 bits per heavy atom. The summed E-state index contributed by atoms with van der Waals surface area (Å²) >= 11 is 0. The Bertz CT molecular complexity index is 1200. The fourth-order valence-electron chi connectivity index (χ4n) is 2.24. The maximum absolute atomic E-state index is 12.2. The van der Waals surface area contributed by atoms with Crippen molar-refractivity contribution in [3.05, 3.63) is 77.8 Å². The summed E-state index contributed by atoms with van der Waals surface area (Å²) in [6.07, 6.45) is 7.64. The lowest BCUT2D eigenvalue weighted by molar-refractivity contribution is 0.606. The Balaban J connectivity index is 2.15. The van der Waals surface area contributed by atoms with E-state index in [1.807, 2.05) is 24.3 Å². The predicted octanol–water partition coefficient (Wildman–Crippen LogP) is 2.47. The summed E-state index contributed by atoms with van der Waals surface area (Å²) < 4.78 is 7.07. The molecule has 0 aliphatic rings. The molecule has 2 bridgehead atoms. The molecule has 0 saturated heterocycles. The molecule has 0 N–H and O–H groups in total. The van der Waals surface area contributed by atoms with Crippen LogP contribution in [0, 0.1) is 0 Å². The molecule has 0 unspecified atom stereocenters. The molecular weight excluding hydrogens is 306 g/mol. The summed E-state index contributed by atoms with van der Waals surface area (Å²) in [6.45, 7) is 0. The first-order valence-corrected chi connectivity index (χ1v) is 7.19. The number of fused-ring (bicyclic) bond motifs is 2. The standard InChI is InChI=1S/C17H11N5O2/c23-17-13-11-20-22-8-6-15(21-16(13)22)19-10-12-4-1-2-5-14(12)24-9-3-7-18-17/h1-11H. The molecule has 0 radical (unpaired) electrons. The summed E-state index contributed by atoms with van der Waals surface area (Å²) in [4.78, 5) is 24.8. The first kappa shape index (κ1) is 14.0. The van der Waals surface area contributed by atoms with Gasteiger partial charge in [0, 0.05) is 30.0 Å². The van der Waals surface area contributed by atoms with E-state index in [0.717, 1.165) is 5.39 Å². The number of para-hydroxylation sites is 1. The molecule has 0 atom stereocenters. The van der Waals surface area contributed by atoms with Crippen LogP contribution in [0.2, 0.25) is 0 Å². The molecule has 4 aromatic rings. The van der Waals surface area contributed by atoms with E-state index in [0.29, 0.717) is 22.3 Å². The van der Waals surface area contributed by atoms with Crippen molar-refractivity contribution in [3.8, 4) is 0 Å². The summed E-state index contributed by atoms with van der Waals surface area (Å²) in [6, 6.07) is 10.7. The molecular formula is C17H11N5O2. The number of hydrogen-bond donors (Lipinski definition) is 0. The fourth-order valence-corrected chi connectivity index (χ4v) is 2.24. The number of benzene rings is 1. The van der Waals surface area contributed by atoms with Crippen LogP contribution in [-0.2, 0) is 0 Å². The number of aromatic nitrogens is 5. The van der Waals surface area contributed by atoms with Gasteiger partial charge in [0.1, 0.15) is 11.0 Å². The third-order valence-electron chi connectivity index (χ3n) is 3.39. The second-order valence-electron chi connectivity index (χ2n) is 4.94. The van der Waals surface area contributed by atoms with E-state index in [1.54, 1.807) is 24.5 Å². The highest BCUT2D eigenvalue weighted by Gasteiger charge is 2.03. The molecule has 0 spiro atoms. The lowest BCUT2D eigenvalue weighted by Gasteiger charge is -1.92. The van der Waals surface area contributed by atoms with Crippen molar-refractivity contribution in [2.24, 2.45) is 0 Å². The number of nitrogens with zero attached hydrogens (tertiary/aromatic N) is 5. The van der Waals surface area contributed by atoms with Crippen molar-refractivity contribution >= 4 is 27.6 Å². The van der Waals surface area contributed by atoms with E-state index in [9.17, 15) is 4.79 Å². The minimum Gasteiger partial charge on any atom is -0.464 e. The zero-order chi connectivity index (χ0) is 16.4. The van der Waals surface area contributed by atoms with Gasteiger partial charge in [-0.15, -0.1) is 0 Å². The molecule has 0 fully saturated rings. The van der Waals surface area contributed by atoms with Crippen LogP contribution < -0.4 is 5.56 Å². The van der Waals surface area contributed by atoms with E-state index in [2.05, 4.69) is 20.1 Å². The molecule has 0 amide bonds. The van der Waals surface area contributed by atoms with Crippen molar-refractivity contribution < 1.29 is 4.42 Å². The second-order valence-corrected chi connectivity index (χ2v) is 4.94. The van der Waals surface area contributed by atoms with Crippen molar-refractivity contribution in [1.29, 1.82) is 0 Å². The van der Waals surface area contributed by atoms with Gasteiger partial charge < -0.3 is 4.42 Å². The zero-order valence-corrected chi connectivity index (χ0v) is 12.4. The fraction of sp³-hybridized carbons (Fsp3) is 0. The lowest BCUT2D eigenvalue weighted by atomic mass is 10.3. The molecule has 1 aromatic carbocycles. The monoisotopic (exact) mass is 317 g/mol. The molecule has 24 heavy (non-hydrogen) atoms. The average molecular weight is 317 g/mol. The van der Waals surface area contributed by atoms with Crippen LogP contribution in [0.15, 0.2) is 76.7 Å². The van der Waals surface area contributed by atoms with Crippen molar-refractivity contribution in [1.82, 2.24) is 24.6 Å². The van der Waals surface area contributed by atoms with E-state index in [1.165, 1.54) is 23.2 Å². The minimum atomic E-state index is -0.430. The highest BCUT2D eigenvalue weighted by Crippen LogP contribution is 2.09. The Kier molecular flexibility index (Phi) is 3.43. The first-order valence-electron chi connectivity index (χ1n) is 7.19. The predicted molar refractivity (Wildman–Crippen MR) is 88.6 cm³/mol. The third-order valence-corrected chi connectivity index (χ3v) is 3.39. The Hall–Kier alpha value is -3.61. The average Bonchev–Trinajstić information content (AvgIpc) is 3.03. The maximum Gasteiger partial charge on any atom is 0.282 e. The summed E-state index contributed by atoms with van der Waals surface area (Å²) in [5.41, 5.74) is 1.09. The molecule has 3 heterocycles. The van der Waals surface area contributed by atoms with Crippen molar-refractivity contribution in [2.45, 2.75) is 0 Å². The maximum atomic E-state index is 12.2. The van der Waals surface area contributed by atoms with Crippen molar-refractivity contribution in [2.75, 3.05) is 0 Å². The van der Waals surface area contributed by atoms with E-state index >= 15 is 0 Å². The molecule has 0 saturated carbocycles. The van der Waals surface area contributed by atoms with Crippen LogP contribution in [-0.4, -0.2) is 24.6 Å². The molecule has 4 rings (SSSR count). The Labute approximate surface area is 135 Å². The van der Waals surface area contributed by atoms with Gasteiger partial charge in [-0.2, -0.15) is 5.10 Å². The normalized spacial score (nSPS) is 10.7. The molecule has 0 aliphatic carbocycles. The summed E-state index contributed by atoms with van der Waals surface area (Å²) in [5.74, 6) is 0. The van der Waals surface area contributed by atoms with Gasteiger partial charge in [0.05, 0.1) is 12.5 Å². The van der Waals surface area contributed by atoms with Gasteiger partial charge in [0.2, 0.25) is 0 Å². The van der Waals surface area contributed by atoms with Gasteiger partial charge in [-0.3, -0.25) is 4.79 Å². The first-order chi connectivity index (χ1) is 11.8. The molecule has 7 heteroatoms. The zero-order valence-electron chi connectivity index (χ0n) is 12.4. The highest BCUT2D eigenvalue weighted by molar-refractivity contribution is 5.75. The van der Waals surface area contributed by atoms with Crippen LogP contribution in [0.5, 0.6) is 0 Å². The molecule has 3 aromatic heterocycles. The molecule has 0 aliphatic heterocycles. The number of hydrogen-bond acceptors (Lipinski definition) is 6. The van der Waals surface area contributed by atoms with E-state index in [-0.39, 0.29) is 0 Å². The van der Waals surface area contributed by atoms with Gasteiger partial charge in [-0.05, 0) is 18.2 Å². The van der Waals surface area contributed by atoms with Crippen LogP contribution >= 0.6 is 0 Å². The van der Waals surface area contributed by atoms with E-state index < -0.39 is 5.56 Å². The Morgan fingerprint density at radius 3 is 2.88 bits per heavy atom. The summed E-state index contributed by atoms with van der Waals surface area (Å²) in [7, 11) is 0. The quantitative estimate of drug-likeness (QED) is 0.495. The summed E-state index contributed by atoms with van der Waals surface area (Å²) in [5, 5.41) is 5.23. The SMILES string of the molecule is O=c1ncccoc2ccccc2cnc2ccn3ncc1c3n2. The van der Waals surface area contributed by atoms with Gasteiger partial charge >= 0.3 is 0 Å². The van der Waals surface area contributed by atoms with Crippen LogP contribution in [0.25, 0.3) is 27.6 Å². The van der Waals surface area contributed by atoms with E-state index in [4.69, 9.17) is 4.42 Å². The van der Waals surface area contributed by atoms with Crippen LogP contribution in [0.3, 0.4) is 0 Å². The largest absolute Gasteiger partial charge is 0.464 e. The minimum absolute atomic E-state index is 0.315. The highest BCUT2D eigenvalue weighted by atomic mass is 16.3. The van der Waals surface area contributed by atoms with Gasteiger partial charge in [0.15, 0.2) is 11.3 Å². The van der Waals surface area contributed by atoms with Gasteiger partial charge in [-0.1, -0.05) is 12.1 Å². The second kappa shape index (κ2) is 5.88. The molecule has 7 nitrogen and oxygen atoms in total.